The van der Waals surface area contributed by atoms with Crippen LogP contribution in [0.25, 0.3) is 0 Å². The van der Waals surface area contributed by atoms with Gasteiger partial charge in [-0.05, 0) is 32.9 Å². The molecule has 25 heavy (non-hydrogen) atoms. The third kappa shape index (κ3) is 6.40. The minimum atomic E-state index is -0.566. The lowest BCUT2D eigenvalue weighted by molar-refractivity contribution is 0.0526. The van der Waals surface area contributed by atoms with Gasteiger partial charge in [0, 0.05) is 18.7 Å². The number of amides is 2. The lowest BCUT2D eigenvalue weighted by atomic mass is 10.1. The standard InChI is InChI=1S/C17H26N2O6/c1-17(2,3)25-16(21)19-8-7-18-15(20)11-9-12(22-4)14(24-6)13(10-11)23-5/h9-10H,7-8H2,1-6H3,(H,18,20)(H,19,21). The van der Waals surface area contributed by atoms with Crippen molar-refractivity contribution >= 4 is 12.0 Å². The molecule has 0 saturated heterocycles. The Hall–Kier alpha value is -2.64. The molecule has 0 radical (unpaired) electrons. The van der Waals surface area contributed by atoms with Gasteiger partial charge in [0.25, 0.3) is 5.91 Å². The molecule has 0 aliphatic heterocycles. The van der Waals surface area contributed by atoms with E-state index in [9.17, 15) is 9.59 Å². The minimum Gasteiger partial charge on any atom is -0.493 e. The van der Waals surface area contributed by atoms with Gasteiger partial charge in [0.2, 0.25) is 5.75 Å². The van der Waals surface area contributed by atoms with Crippen LogP contribution in [0.2, 0.25) is 0 Å². The Balaban J connectivity index is 2.62. The van der Waals surface area contributed by atoms with E-state index in [1.165, 1.54) is 21.3 Å². The maximum absolute atomic E-state index is 12.2. The first-order valence-electron chi connectivity index (χ1n) is 7.77. The summed E-state index contributed by atoms with van der Waals surface area (Å²) in [4.78, 5) is 23.8. The fourth-order valence-electron chi connectivity index (χ4n) is 1.97. The Labute approximate surface area is 147 Å². The first-order valence-corrected chi connectivity index (χ1v) is 7.77. The van der Waals surface area contributed by atoms with Gasteiger partial charge in [-0.25, -0.2) is 4.79 Å². The van der Waals surface area contributed by atoms with Crippen LogP contribution in [0.15, 0.2) is 12.1 Å². The van der Waals surface area contributed by atoms with Crippen molar-refractivity contribution in [1.82, 2.24) is 10.6 Å². The Bertz CT molecular complexity index is 585. The highest BCUT2D eigenvalue weighted by atomic mass is 16.6. The van der Waals surface area contributed by atoms with E-state index < -0.39 is 11.7 Å². The molecule has 0 aliphatic rings. The number of methoxy groups -OCH3 is 3. The van der Waals surface area contributed by atoms with Crippen LogP contribution in [-0.2, 0) is 4.74 Å². The van der Waals surface area contributed by atoms with Gasteiger partial charge < -0.3 is 29.6 Å². The largest absolute Gasteiger partial charge is 0.493 e. The molecule has 0 heterocycles. The second-order valence-electron chi connectivity index (χ2n) is 6.10. The van der Waals surface area contributed by atoms with E-state index in [1.807, 2.05) is 0 Å². The summed E-state index contributed by atoms with van der Waals surface area (Å²) in [6.07, 6.45) is -0.533. The van der Waals surface area contributed by atoms with Crippen molar-refractivity contribution in [3.05, 3.63) is 17.7 Å². The van der Waals surface area contributed by atoms with Crippen LogP contribution in [0.1, 0.15) is 31.1 Å². The zero-order chi connectivity index (χ0) is 19.0. The molecule has 0 spiro atoms. The van der Waals surface area contributed by atoms with Crippen LogP contribution in [0, 0.1) is 0 Å². The van der Waals surface area contributed by atoms with Crippen molar-refractivity contribution < 1.29 is 28.5 Å². The van der Waals surface area contributed by atoms with Crippen molar-refractivity contribution in [2.45, 2.75) is 26.4 Å². The molecule has 1 rings (SSSR count). The van der Waals surface area contributed by atoms with Gasteiger partial charge in [-0.15, -0.1) is 0 Å². The molecule has 1 aromatic rings. The summed E-state index contributed by atoms with van der Waals surface area (Å²) in [5, 5.41) is 5.26. The summed E-state index contributed by atoms with van der Waals surface area (Å²) in [5.74, 6) is 0.858. The Kier molecular flexibility index (Phi) is 7.35. The maximum Gasteiger partial charge on any atom is 0.407 e. The molecule has 0 saturated carbocycles. The maximum atomic E-state index is 12.2. The predicted molar refractivity (Wildman–Crippen MR) is 92.7 cm³/mol. The van der Waals surface area contributed by atoms with E-state index in [-0.39, 0.29) is 19.0 Å². The summed E-state index contributed by atoms with van der Waals surface area (Å²) in [6, 6.07) is 3.11. The third-order valence-electron chi connectivity index (χ3n) is 3.01. The van der Waals surface area contributed by atoms with Crippen LogP contribution < -0.4 is 24.8 Å². The summed E-state index contributed by atoms with van der Waals surface area (Å²) >= 11 is 0. The highest BCUT2D eigenvalue weighted by Crippen LogP contribution is 2.38. The third-order valence-corrected chi connectivity index (χ3v) is 3.01. The zero-order valence-corrected chi connectivity index (χ0v) is 15.5. The predicted octanol–water partition coefficient (Wildman–Crippen LogP) is 1.97. The SMILES string of the molecule is COc1cc(C(=O)NCCNC(=O)OC(C)(C)C)cc(OC)c1OC. The zero-order valence-electron chi connectivity index (χ0n) is 15.5. The van der Waals surface area contributed by atoms with E-state index >= 15 is 0 Å². The normalized spacial score (nSPS) is 10.6. The quantitative estimate of drug-likeness (QED) is 0.727. The van der Waals surface area contributed by atoms with E-state index in [0.717, 1.165) is 0 Å². The molecule has 8 heteroatoms. The van der Waals surface area contributed by atoms with Crippen LogP contribution in [0.5, 0.6) is 17.2 Å². The van der Waals surface area contributed by atoms with Crippen LogP contribution in [0.4, 0.5) is 4.79 Å². The topological polar surface area (TPSA) is 95.1 Å². The highest BCUT2D eigenvalue weighted by Gasteiger charge is 2.17. The number of carbonyl (C=O) groups is 2. The summed E-state index contributed by atoms with van der Waals surface area (Å²) < 4.78 is 20.7. The number of alkyl carbamates (subject to hydrolysis) is 1. The number of hydrogen-bond donors (Lipinski definition) is 2. The molecule has 0 aliphatic carbocycles. The molecule has 0 atom stereocenters. The lowest BCUT2D eigenvalue weighted by Crippen LogP contribution is -2.37. The monoisotopic (exact) mass is 354 g/mol. The Morgan fingerprint density at radius 3 is 1.88 bits per heavy atom. The molecular formula is C17H26N2O6. The van der Waals surface area contributed by atoms with E-state index in [0.29, 0.717) is 22.8 Å². The highest BCUT2D eigenvalue weighted by molar-refractivity contribution is 5.95. The second kappa shape index (κ2) is 9.00. The molecule has 0 unspecified atom stereocenters. The number of hydrogen-bond acceptors (Lipinski definition) is 6. The molecule has 2 amide bonds. The van der Waals surface area contributed by atoms with Crippen LogP contribution >= 0.6 is 0 Å². The van der Waals surface area contributed by atoms with Gasteiger partial charge in [0.15, 0.2) is 11.5 Å². The van der Waals surface area contributed by atoms with Crippen LogP contribution in [-0.4, -0.2) is 52.0 Å². The molecule has 8 nitrogen and oxygen atoms in total. The average molecular weight is 354 g/mol. The van der Waals surface area contributed by atoms with Gasteiger partial charge >= 0.3 is 6.09 Å². The van der Waals surface area contributed by atoms with Crippen molar-refractivity contribution in [3.63, 3.8) is 0 Å². The van der Waals surface area contributed by atoms with Gasteiger partial charge in [0.05, 0.1) is 21.3 Å². The van der Waals surface area contributed by atoms with Crippen LogP contribution in [0.3, 0.4) is 0 Å². The summed E-state index contributed by atoms with van der Waals surface area (Å²) in [7, 11) is 4.44. The van der Waals surface area contributed by atoms with E-state index in [1.54, 1.807) is 32.9 Å². The first kappa shape index (κ1) is 20.4. The first-order chi connectivity index (χ1) is 11.7. The van der Waals surface area contributed by atoms with Crippen molar-refractivity contribution in [3.8, 4) is 17.2 Å². The van der Waals surface area contributed by atoms with E-state index in [2.05, 4.69) is 10.6 Å². The summed E-state index contributed by atoms with van der Waals surface area (Å²) in [5.41, 5.74) is -0.212. The van der Waals surface area contributed by atoms with Gasteiger partial charge in [-0.1, -0.05) is 0 Å². The number of rotatable bonds is 7. The number of carbonyl (C=O) groups excluding carboxylic acids is 2. The van der Waals surface area contributed by atoms with Gasteiger partial charge in [-0.3, -0.25) is 4.79 Å². The van der Waals surface area contributed by atoms with Crippen molar-refractivity contribution in [2.75, 3.05) is 34.4 Å². The molecule has 140 valence electrons. The van der Waals surface area contributed by atoms with Gasteiger partial charge in [0.1, 0.15) is 5.60 Å². The molecular weight excluding hydrogens is 328 g/mol. The smallest absolute Gasteiger partial charge is 0.407 e. The molecule has 0 bridgehead atoms. The van der Waals surface area contributed by atoms with E-state index in [4.69, 9.17) is 18.9 Å². The van der Waals surface area contributed by atoms with Crippen molar-refractivity contribution in [2.24, 2.45) is 0 Å². The minimum absolute atomic E-state index is 0.241. The Morgan fingerprint density at radius 2 is 1.44 bits per heavy atom. The average Bonchev–Trinajstić information content (AvgIpc) is 2.55. The molecule has 0 fully saturated rings. The number of nitrogens with one attached hydrogen (secondary N) is 2. The van der Waals surface area contributed by atoms with Gasteiger partial charge in [-0.2, -0.15) is 0 Å². The molecule has 1 aromatic carbocycles. The fraction of sp³-hybridized carbons (Fsp3) is 0.529. The van der Waals surface area contributed by atoms with Crippen molar-refractivity contribution in [1.29, 1.82) is 0 Å². The second-order valence-corrected chi connectivity index (χ2v) is 6.10. The molecule has 0 aromatic heterocycles. The Morgan fingerprint density at radius 1 is 0.920 bits per heavy atom. The fourth-order valence-corrected chi connectivity index (χ4v) is 1.97. The number of ether oxygens (including phenoxy) is 4. The molecule has 2 N–H and O–H groups in total. The summed E-state index contributed by atoms with van der Waals surface area (Å²) in [6.45, 7) is 5.82. The number of benzene rings is 1. The lowest BCUT2D eigenvalue weighted by Gasteiger charge is -2.19.